The molecule has 23 heavy (non-hydrogen) atoms. The van der Waals surface area contributed by atoms with Gasteiger partial charge in [0.1, 0.15) is 0 Å². The fraction of sp³-hybridized carbons (Fsp3) is 0.167. The minimum Gasteiger partial charge on any atom is -0.361 e. The van der Waals surface area contributed by atoms with Crippen LogP contribution in [0.1, 0.15) is 11.1 Å². The van der Waals surface area contributed by atoms with Gasteiger partial charge in [-0.05, 0) is 71.8 Å². The molecular formula is C18H18IN3O. The Bertz CT molecular complexity index is 824. The van der Waals surface area contributed by atoms with Crippen LogP contribution in [-0.4, -0.2) is 17.6 Å². The Labute approximate surface area is 148 Å². The standard InChI is InChI=1S/C18H18IN3O/c1-12-2-5-15(6-3-12)22-18(23)20-9-8-13-11-21-17-7-4-14(19)10-16(13)17/h2-7,10-11,21H,8-9H2,1H3,(H2,20,22,23). The summed E-state index contributed by atoms with van der Waals surface area (Å²) in [6, 6.07) is 13.9. The molecule has 2 amide bonds. The van der Waals surface area contributed by atoms with Gasteiger partial charge in [-0.15, -0.1) is 0 Å². The van der Waals surface area contributed by atoms with Crippen LogP contribution in [0.15, 0.2) is 48.7 Å². The second-order valence-electron chi connectivity index (χ2n) is 5.50. The van der Waals surface area contributed by atoms with Crippen LogP contribution in [0.3, 0.4) is 0 Å². The van der Waals surface area contributed by atoms with Crippen molar-refractivity contribution in [3.8, 4) is 0 Å². The van der Waals surface area contributed by atoms with E-state index >= 15 is 0 Å². The van der Waals surface area contributed by atoms with Gasteiger partial charge in [0.25, 0.3) is 0 Å². The van der Waals surface area contributed by atoms with Crippen LogP contribution >= 0.6 is 22.6 Å². The van der Waals surface area contributed by atoms with E-state index in [1.807, 2.05) is 37.4 Å². The normalized spacial score (nSPS) is 10.7. The molecule has 3 rings (SSSR count). The quantitative estimate of drug-likeness (QED) is 0.538. The molecule has 3 N–H and O–H groups in total. The van der Waals surface area contributed by atoms with Gasteiger partial charge in [-0.25, -0.2) is 4.79 Å². The highest BCUT2D eigenvalue weighted by atomic mass is 127. The van der Waals surface area contributed by atoms with Crippen LogP contribution in [0.5, 0.6) is 0 Å². The van der Waals surface area contributed by atoms with Gasteiger partial charge in [0.15, 0.2) is 0 Å². The fourth-order valence-electron chi connectivity index (χ4n) is 2.48. The van der Waals surface area contributed by atoms with Crippen molar-refractivity contribution in [2.75, 3.05) is 11.9 Å². The third-order valence-electron chi connectivity index (χ3n) is 3.72. The van der Waals surface area contributed by atoms with E-state index in [1.165, 1.54) is 20.1 Å². The Balaban J connectivity index is 1.55. The number of amides is 2. The van der Waals surface area contributed by atoms with E-state index in [2.05, 4.69) is 56.4 Å². The zero-order valence-electron chi connectivity index (χ0n) is 12.8. The maximum atomic E-state index is 11.9. The zero-order valence-corrected chi connectivity index (χ0v) is 15.0. The predicted molar refractivity (Wildman–Crippen MR) is 103 cm³/mol. The summed E-state index contributed by atoms with van der Waals surface area (Å²) in [6.07, 6.45) is 2.81. The molecule has 118 valence electrons. The van der Waals surface area contributed by atoms with Crippen molar-refractivity contribution in [1.82, 2.24) is 10.3 Å². The van der Waals surface area contributed by atoms with Crippen LogP contribution < -0.4 is 10.6 Å². The number of aryl methyl sites for hydroxylation is 1. The van der Waals surface area contributed by atoms with E-state index in [4.69, 9.17) is 0 Å². The lowest BCUT2D eigenvalue weighted by Crippen LogP contribution is -2.30. The van der Waals surface area contributed by atoms with Crippen LogP contribution in [0.2, 0.25) is 0 Å². The first-order chi connectivity index (χ1) is 11.1. The fourth-order valence-corrected chi connectivity index (χ4v) is 2.97. The summed E-state index contributed by atoms with van der Waals surface area (Å²) < 4.78 is 1.21. The summed E-state index contributed by atoms with van der Waals surface area (Å²) >= 11 is 2.31. The number of benzene rings is 2. The summed E-state index contributed by atoms with van der Waals surface area (Å²) in [5.74, 6) is 0. The van der Waals surface area contributed by atoms with Gasteiger partial charge in [-0.3, -0.25) is 0 Å². The summed E-state index contributed by atoms with van der Waals surface area (Å²) in [7, 11) is 0. The SMILES string of the molecule is Cc1ccc(NC(=O)NCCc2c[nH]c3ccc(I)cc23)cc1. The Morgan fingerprint density at radius 2 is 1.96 bits per heavy atom. The van der Waals surface area contributed by atoms with Gasteiger partial charge in [-0.1, -0.05) is 17.7 Å². The number of nitrogens with one attached hydrogen (secondary N) is 3. The second-order valence-corrected chi connectivity index (χ2v) is 6.75. The molecule has 3 aromatic rings. The summed E-state index contributed by atoms with van der Waals surface area (Å²) in [4.78, 5) is 15.2. The number of hydrogen-bond donors (Lipinski definition) is 3. The Hall–Kier alpha value is -2.02. The number of halogens is 1. The van der Waals surface area contributed by atoms with Crippen molar-refractivity contribution < 1.29 is 4.79 Å². The molecule has 0 saturated carbocycles. The lowest BCUT2D eigenvalue weighted by atomic mass is 10.1. The summed E-state index contributed by atoms with van der Waals surface area (Å²) in [5.41, 5.74) is 4.32. The molecule has 0 aliphatic rings. The van der Waals surface area contributed by atoms with Crippen LogP contribution in [-0.2, 0) is 6.42 Å². The number of aromatic nitrogens is 1. The van der Waals surface area contributed by atoms with Gasteiger partial charge in [0.05, 0.1) is 0 Å². The molecule has 0 unspecified atom stereocenters. The van der Waals surface area contributed by atoms with Crippen molar-refractivity contribution in [1.29, 1.82) is 0 Å². The number of fused-ring (bicyclic) bond motifs is 1. The Kier molecular flexibility index (Phi) is 4.85. The first kappa shape index (κ1) is 15.9. The topological polar surface area (TPSA) is 56.9 Å². The van der Waals surface area contributed by atoms with Gasteiger partial charge in [0, 0.05) is 32.9 Å². The average molecular weight is 419 g/mol. The maximum absolute atomic E-state index is 11.9. The largest absolute Gasteiger partial charge is 0.361 e. The highest BCUT2D eigenvalue weighted by Gasteiger charge is 2.05. The minimum absolute atomic E-state index is 0.178. The van der Waals surface area contributed by atoms with Gasteiger partial charge in [-0.2, -0.15) is 0 Å². The molecule has 0 aliphatic carbocycles. The van der Waals surface area contributed by atoms with Crippen molar-refractivity contribution in [2.45, 2.75) is 13.3 Å². The first-order valence-corrected chi connectivity index (χ1v) is 8.57. The monoisotopic (exact) mass is 419 g/mol. The molecule has 1 heterocycles. The van der Waals surface area contributed by atoms with E-state index in [-0.39, 0.29) is 6.03 Å². The smallest absolute Gasteiger partial charge is 0.319 e. The first-order valence-electron chi connectivity index (χ1n) is 7.49. The van der Waals surface area contributed by atoms with Crippen LogP contribution in [0.4, 0.5) is 10.5 Å². The molecule has 0 radical (unpaired) electrons. The number of carbonyl (C=O) groups excluding carboxylic acids is 1. The van der Waals surface area contributed by atoms with Crippen LogP contribution in [0, 0.1) is 10.5 Å². The molecule has 0 fully saturated rings. The number of rotatable bonds is 4. The number of anilines is 1. The Morgan fingerprint density at radius 1 is 1.17 bits per heavy atom. The molecule has 0 bridgehead atoms. The number of aromatic amines is 1. The van der Waals surface area contributed by atoms with Crippen molar-refractivity contribution in [3.05, 3.63) is 63.4 Å². The van der Waals surface area contributed by atoms with Crippen molar-refractivity contribution >= 4 is 45.2 Å². The molecule has 0 saturated heterocycles. The van der Waals surface area contributed by atoms with E-state index < -0.39 is 0 Å². The molecule has 2 aromatic carbocycles. The lowest BCUT2D eigenvalue weighted by molar-refractivity contribution is 0.252. The van der Waals surface area contributed by atoms with E-state index in [9.17, 15) is 4.79 Å². The lowest BCUT2D eigenvalue weighted by Gasteiger charge is -2.07. The zero-order chi connectivity index (χ0) is 16.2. The van der Waals surface area contributed by atoms with Crippen molar-refractivity contribution in [3.63, 3.8) is 0 Å². The average Bonchev–Trinajstić information content (AvgIpc) is 2.92. The molecular weight excluding hydrogens is 401 g/mol. The van der Waals surface area contributed by atoms with E-state index in [0.29, 0.717) is 6.54 Å². The number of H-pyrrole nitrogens is 1. The molecule has 1 aromatic heterocycles. The number of urea groups is 1. The highest BCUT2D eigenvalue weighted by Crippen LogP contribution is 2.21. The molecule has 5 heteroatoms. The van der Waals surface area contributed by atoms with Gasteiger partial charge >= 0.3 is 6.03 Å². The molecule has 0 atom stereocenters. The summed E-state index contributed by atoms with van der Waals surface area (Å²) in [5, 5.41) is 6.95. The third-order valence-corrected chi connectivity index (χ3v) is 4.39. The molecule has 4 nitrogen and oxygen atoms in total. The number of carbonyl (C=O) groups is 1. The predicted octanol–water partition coefficient (Wildman–Crippen LogP) is 4.45. The van der Waals surface area contributed by atoms with Gasteiger partial charge in [0.2, 0.25) is 0 Å². The van der Waals surface area contributed by atoms with Crippen molar-refractivity contribution in [2.24, 2.45) is 0 Å². The van der Waals surface area contributed by atoms with Gasteiger partial charge < -0.3 is 15.6 Å². The molecule has 0 aliphatic heterocycles. The highest BCUT2D eigenvalue weighted by molar-refractivity contribution is 14.1. The van der Waals surface area contributed by atoms with E-state index in [0.717, 1.165) is 17.6 Å². The minimum atomic E-state index is -0.178. The second kappa shape index (κ2) is 7.04. The van der Waals surface area contributed by atoms with Crippen LogP contribution in [0.25, 0.3) is 10.9 Å². The number of hydrogen-bond acceptors (Lipinski definition) is 1. The Morgan fingerprint density at radius 3 is 2.74 bits per heavy atom. The summed E-state index contributed by atoms with van der Waals surface area (Å²) in [6.45, 7) is 2.61. The van der Waals surface area contributed by atoms with E-state index in [1.54, 1.807) is 0 Å². The molecule has 0 spiro atoms. The third kappa shape index (κ3) is 4.04. The maximum Gasteiger partial charge on any atom is 0.319 e.